The lowest BCUT2D eigenvalue weighted by Gasteiger charge is -2.17. The van der Waals surface area contributed by atoms with Crippen molar-refractivity contribution in [2.24, 2.45) is 0 Å². The number of hydrogen-bond donors (Lipinski definition) is 1. The van der Waals surface area contributed by atoms with E-state index in [-0.39, 0.29) is 11.6 Å². The van der Waals surface area contributed by atoms with Crippen LogP contribution in [0.15, 0.2) is 82.9 Å². The van der Waals surface area contributed by atoms with Crippen LogP contribution >= 0.6 is 15.9 Å². The number of alkyl halides is 3. The molecule has 188 valence electrons. The van der Waals surface area contributed by atoms with Gasteiger partial charge in [0.1, 0.15) is 0 Å². The number of nitrogens with zero attached hydrogens (tertiary/aromatic N) is 2. The lowest BCUT2D eigenvalue weighted by atomic mass is 10.0. The smallest absolute Gasteiger partial charge is 0.351 e. The third-order valence-electron chi connectivity index (χ3n) is 6.06. The molecule has 0 radical (unpaired) electrons. The summed E-state index contributed by atoms with van der Waals surface area (Å²) in [6.07, 6.45) is 7.69. The molecule has 8 heteroatoms. The number of para-hydroxylation sites is 1. The number of hydrogen-bond acceptors (Lipinski definition) is 2. The van der Waals surface area contributed by atoms with Gasteiger partial charge in [-0.05, 0) is 74.5 Å². The van der Waals surface area contributed by atoms with Gasteiger partial charge in [-0.2, -0.15) is 13.2 Å². The number of allylic oxidation sites excluding steroid dienone is 6. The molecule has 0 saturated carbocycles. The molecule has 0 unspecified atom stereocenters. The van der Waals surface area contributed by atoms with Crippen LogP contribution in [0.25, 0.3) is 16.8 Å². The minimum Gasteiger partial charge on any atom is -0.351 e. The topological polar surface area (TPSA) is 37.3 Å². The Bertz CT molecular complexity index is 1410. The van der Waals surface area contributed by atoms with E-state index < -0.39 is 11.7 Å². The lowest BCUT2D eigenvalue weighted by Crippen LogP contribution is -2.32. The van der Waals surface area contributed by atoms with Crippen LogP contribution in [-0.2, 0) is 11.0 Å². The SMILES string of the molecule is CN(C)CCNC(=O)C1=CCC(=c2ccc(=C3C=CC(Br)=CC3)n2-c2ccccc2C(F)(F)F)C=C1. The summed E-state index contributed by atoms with van der Waals surface area (Å²) in [5, 5.41) is 4.25. The van der Waals surface area contributed by atoms with Crippen molar-refractivity contribution in [2.45, 2.75) is 19.0 Å². The normalized spacial score (nSPS) is 18.9. The minimum atomic E-state index is -4.50. The van der Waals surface area contributed by atoms with Crippen molar-refractivity contribution >= 4 is 33.0 Å². The molecule has 0 bridgehead atoms. The molecule has 2 aliphatic carbocycles. The third-order valence-corrected chi connectivity index (χ3v) is 6.65. The monoisotopic (exact) mass is 557 g/mol. The maximum absolute atomic E-state index is 14.0. The van der Waals surface area contributed by atoms with Crippen LogP contribution in [0.4, 0.5) is 13.2 Å². The maximum atomic E-state index is 14.0. The number of benzene rings is 1. The predicted molar refractivity (Wildman–Crippen MR) is 141 cm³/mol. The van der Waals surface area contributed by atoms with E-state index in [1.165, 1.54) is 12.1 Å². The fraction of sp³-hybridized carbons (Fsp3) is 0.250. The number of nitrogens with one attached hydrogen (secondary N) is 1. The van der Waals surface area contributed by atoms with Crippen molar-refractivity contribution < 1.29 is 18.0 Å². The van der Waals surface area contributed by atoms with E-state index in [0.29, 0.717) is 35.7 Å². The van der Waals surface area contributed by atoms with E-state index in [2.05, 4.69) is 21.2 Å². The van der Waals surface area contributed by atoms with Gasteiger partial charge < -0.3 is 14.8 Å². The van der Waals surface area contributed by atoms with E-state index in [0.717, 1.165) is 28.2 Å². The van der Waals surface area contributed by atoms with Crippen LogP contribution in [0, 0.1) is 0 Å². The zero-order valence-corrected chi connectivity index (χ0v) is 21.7. The summed E-state index contributed by atoms with van der Waals surface area (Å²) in [4.78, 5) is 14.5. The molecule has 36 heavy (non-hydrogen) atoms. The van der Waals surface area contributed by atoms with E-state index in [1.54, 1.807) is 16.7 Å². The Kier molecular flexibility index (Phi) is 7.85. The van der Waals surface area contributed by atoms with E-state index in [4.69, 9.17) is 0 Å². The molecule has 1 N–H and O–H groups in total. The Morgan fingerprint density at radius 1 is 0.972 bits per heavy atom. The van der Waals surface area contributed by atoms with Gasteiger partial charge in [0.15, 0.2) is 0 Å². The first-order chi connectivity index (χ1) is 17.1. The summed E-state index contributed by atoms with van der Waals surface area (Å²) in [7, 11) is 3.87. The second-order valence-corrected chi connectivity index (χ2v) is 9.80. The van der Waals surface area contributed by atoms with Gasteiger partial charge in [0.25, 0.3) is 5.91 Å². The first-order valence-corrected chi connectivity index (χ1v) is 12.4. The number of rotatable bonds is 5. The Morgan fingerprint density at radius 2 is 1.61 bits per heavy atom. The molecular formula is C28H27BrF3N3O. The van der Waals surface area contributed by atoms with E-state index >= 15 is 0 Å². The second-order valence-electron chi connectivity index (χ2n) is 8.89. The quantitative estimate of drug-likeness (QED) is 0.583. The standard InChI is InChI=1S/C28H27BrF3N3O/c1-34(2)18-17-33-27(36)21-9-7-19(8-10-21)24-15-16-25(20-11-13-22(29)14-12-20)35(24)26-6-4-3-5-23(26)28(30,31)32/h3-7,9-11,13-16H,8,12,17-18H2,1-2H3,(H,33,36). The number of likely N-dealkylation sites (N-methyl/N-ethyl adjacent to an activating group) is 1. The van der Waals surface area contributed by atoms with Crippen LogP contribution in [0.3, 0.4) is 0 Å². The van der Waals surface area contributed by atoms with Crippen LogP contribution in [0.5, 0.6) is 0 Å². The highest BCUT2D eigenvalue weighted by molar-refractivity contribution is 9.11. The zero-order chi connectivity index (χ0) is 25.9. The number of carbonyl (C=O) groups is 1. The molecule has 0 atom stereocenters. The molecule has 0 aliphatic heterocycles. The van der Waals surface area contributed by atoms with Gasteiger partial charge in [0.05, 0.1) is 11.3 Å². The van der Waals surface area contributed by atoms with Crippen molar-refractivity contribution in [3.05, 3.63) is 99.2 Å². The number of amides is 1. The summed E-state index contributed by atoms with van der Waals surface area (Å²) in [5.74, 6) is -0.161. The molecule has 1 amide bonds. The molecule has 1 aromatic heterocycles. The highest BCUT2D eigenvalue weighted by atomic mass is 79.9. The van der Waals surface area contributed by atoms with Crippen molar-refractivity contribution in [3.8, 4) is 5.69 Å². The lowest BCUT2D eigenvalue weighted by molar-refractivity contribution is -0.137. The van der Waals surface area contributed by atoms with Crippen molar-refractivity contribution in [1.82, 2.24) is 14.8 Å². The zero-order valence-electron chi connectivity index (χ0n) is 20.1. The average Bonchev–Trinajstić information content (AvgIpc) is 3.29. The Balaban J connectivity index is 1.81. The van der Waals surface area contributed by atoms with Crippen LogP contribution < -0.4 is 16.0 Å². The number of halogens is 4. The minimum absolute atomic E-state index is 0.0756. The summed E-state index contributed by atoms with van der Waals surface area (Å²) < 4.78 is 44.6. The molecule has 1 heterocycles. The molecule has 4 nitrogen and oxygen atoms in total. The molecule has 2 aliphatic rings. The highest BCUT2D eigenvalue weighted by Crippen LogP contribution is 2.33. The third kappa shape index (κ3) is 5.82. The fourth-order valence-corrected chi connectivity index (χ4v) is 4.51. The van der Waals surface area contributed by atoms with Gasteiger partial charge >= 0.3 is 6.18 Å². The highest BCUT2D eigenvalue weighted by Gasteiger charge is 2.34. The summed E-state index contributed by atoms with van der Waals surface area (Å²) in [6, 6.07) is 9.35. The summed E-state index contributed by atoms with van der Waals surface area (Å²) in [6.45, 7) is 1.26. The molecule has 0 spiro atoms. The molecule has 0 saturated heterocycles. The van der Waals surface area contributed by atoms with Crippen molar-refractivity contribution in [1.29, 1.82) is 0 Å². The van der Waals surface area contributed by atoms with Gasteiger partial charge in [-0.3, -0.25) is 4.79 Å². The maximum Gasteiger partial charge on any atom is 0.418 e. The molecule has 1 aromatic carbocycles. The van der Waals surface area contributed by atoms with Crippen LogP contribution in [-0.4, -0.2) is 42.6 Å². The van der Waals surface area contributed by atoms with Crippen molar-refractivity contribution in [2.75, 3.05) is 27.2 Å². The predicted octanol–water partition coefficient (Wildman–Crippen LogP) is 4.60. The van der Waals surface area contributed by atoms with E-state index in [9.17, 15) is 18.0 Å². The van der Waals surface area contributed by atoms with Crippen LogP contribution in [0.2, 0.25) is 0 Å². The van der Waals surface area contributed by atoms with Gasteiger partial charge in [-0.25, -0.2) is 0 Å². The first-order valence-electron chi connectivity index (χ1n) is 11.6. The number of aromatic nitrogens is 1. The summed E-state index contributed by atoms with van der Waals surface area (Å²) >= 11 is 3.45. The average molecular weight is 558 g/mol. The van der Waals surface area contributed by atoms with Crippen LogP contribution in [0.1, 0.15) is 18.4 Å². The first kappa shape index (κ1) is 26.0. The molecule has 2 aromatic rings. The Morgan fingerprint density at radius 3 is 2.17 bits per heavy atom. The van der Waals surface area contributed by atoms with Gasteiger partial charge in [0, 0.05) is 33.8 Å². The largest absolute Gasteiger partial charge is 0.418 e. The van der Waals surface area contributed by atoms with Gasteiger partial charge in [-0.15, -0.1) is 0 Å². The summed E-state index contributed by atoms with van der Waals surface area (Å²) in [5.41, 5.74) is 1.67. The fourth-order valence-electron chi connectivity index (χ4n) is 4.22. The second kappa shape index (κ2) is 10.9. The molecular weight excluding hydrogens is 531 g/mol. The Labute approximate surface area is 216 Å². The number of carbonyl (C=O) groups excluding carboxylic acids is 1. The van der Waals surface area contributed by atoms with Gasteiger partial charge in [-0.1, -0.05) is 52.4 Å². The Hall–Kier alpha value is -3.10. The molecule has 4 rings (SSSR count). The van der Waals surface area contributed by atoms with Gasteiger partial charge in [0.2, 0.25) is 0 Å². The van der Waals surface area contributed by atoms with Crippen molar-refractivity contribution in [3.63, 3.8) is 0 Å². The van der Waals surface area contributed by atoms with E-state index in [1.807, 2.05) is 61.5 Å². The molecule has 0 fully saturated rings.